The summed E-state index contributed by atoms with van der Waals surface area (Å²) >= 11 is 0. The van der Waals surface area contributed by atoms with Gasteiger partial charge in [-0.3, -0.25) is 4.98 Å². The molecule has 1 aromatic rings. The summed E-state index contributed by atoms with van der Waals surface area (Å²) in [5.74, 6) is -0.446. The monoisotopic (exact) mass is 275 g/mol. The lowest BCUT2D eigenvalue weighted by Crippen LogP contribution is -2.45. The molecule has 2 heterocycles. The Hall–Kier alpha value is -2.37. The van der Waals surface area contributed by atoms with Crippen molar-refractivity contribution in [2.75, 3.05) is 0 Å². The van der Waals surface area contributed by atoms with Crippen molar-refractivity contribution in [2.24, 2.45) is 0 Å². The fourth-order valence-electron chi connectivity index (χ4n) is 2.04. The number of carbonyl (C=O) groups is 2. The SMILES string of the molecule is CC1=C(C(=O)OC(C)C)[C@@H](c2cccnc2)NC(=O)N1. The maximum atomic E-state index is 12.2. The van der Waals surface area contributed by atoms with Gasteiger partial charge in [-0.05, 0) is 32.4 Å². The maximum absolute atomic E-state index is 12.2. The molecule has 2 rings (SSSR count). The fraction of sp³-hybridized carbons (Fsp3) is 0.357. The minimum absolute atomic E-state index is 0.227. The number of allylic oxidation sites excluding steroid dienone is 1. The summed E-state index contributed by atoms with van der Waals surface area (Å²) < 4.78 is 5.24. The van der Waals surface area contributed by atoms with E-state index in [1.807, 2.05) is 0 Å². The molecule has 106 valence electrons. The van der Waals surface area contributed by atoms with Gasteiger partial charge in [-0.1, -0.05) is 6.07 Å². The van der Waals surface area contributed by atoms with Crippen LogP contribution in [0.25, 0.3) is 0 Å². The zero-order valence-electron chi connectivity index (χ0n) is 11.6. The second-order valence-corrected chi connectivity index (χ2v) is 4.81. The van der Waals surface area contributed by atoms with Gasteiger partial charge in [0, 0.05) is 18.1 Å². The van der Waals surface area contributed by atoms with Crippen LogP contribution in [0.1, 0.15) is 32.4 Å². The van der Waals surface area contributed by atoms with Gasteiger partial charge in [0.2, 0.25) is 0 Å². The molecule has 0 saturated heterocycles. The van der Waals surface area contributed by atoms with Crippen molar-refractivity contribution in [1.82, 2.24) is 15.6 Å². The molecule has 1 aliphatic heterocycles. The molecular formula is C14H17N3O3. The van der Waals surface area contributed by atoms with Gasteiger partial charge in [0.15, 0.2) is 0 Å². The average Bonchev–Trinajstić information content (AvgIpc) is 2.37. The largest absolute Gasteiger partial charge is 0.459 e. The van der Waals surface area contributed by atoms with Gasteiger partial charge < -0.3 is 15.4 Å². The van der Waals surface area contributed by atoms with Crippen LogP contribution in [-0.4, -0.2) is 23.1 Å². The predicted octanol–water partition coefficient (Wildman–Crippen LogP) is 1.66. The third-order valence-electron chi connectivity index (χ3n) is 2.85. The van der Waals surface area contributed by atoms with Crippen LogP contribution in [0.3, 0.4) is 0 Å². The average molecular weight is 275 g/mol. The first-order chi connectivity index (χ1) is 9.49. The number of pyridine rings is 1. The Bertz CT molecular complexity index is 552. The predicted molar refractivity (Wildman–Crippen MR) is 72.6 cm³/mol. The van der Waals surface area contributed by atoms with Gasteiger partial charge in [0.25, 0.3) is 0 Å². The minimum atomic E-state index is -0.552. The van der Waals surface area contributed by atoms with Gasteiger partial charge in [-0.15, -0.1) is 0 Å². The van der Waals surface area contributed by atoms with Crippen molar-refractivity contribution >= 4 is 12.0 Å². The number of ether oxygens (including phenoxy) is 1. The van der Waals surface area contributed by atoms with Crippen molar-refractivity contribution in [3.05, 3.63) is 41.4 Å². The topological polar surface area (TPSA) is 80.3 Å². The summed E-state index contributed by atoms with van der Waals surface area (Å²) in [6.07, 6.45) is 3.02. The molecule has 0 spiro atoms. The number of nitrogens with one attached hydrogen (secondary N) is 2. The fourth-order valence-corrected chi connectivity index (χ4v) is 2.04. The summed E-state index contributed by atoms with van der Waals surface area (Å²) in [6, 6.07) is 2.66. The van der Waals surface area contributed by atoms with E-state index < -0.39 is 12.0 Å². The van der Waals surface area contributed by atoms with Crippen molar-refractivity contribution in [3.8, 4) is 0 Å². The highest BCUT2D eigenvalue weighted by molar-refractivity contribution is 5.95. The number of esters is 1. The first-order valence-corrected chi connectivity index (χ1v) is 6.38. The first-order valence-electron chi connectivity index (χ1n) is 6.38. The second-order valence-electron chi connectivity index (χ2n) is 4.81. The summed E-state index contributed by atoms with van der Waals surface area (Å²) in [5, 5.41) is 5.31. The van der Waals surface area contributed by atoms with Crippen molar-refractivity contribution < 1.29 is 14.3 Å². The summed E-state index contributed by atoms with van der Waals surface area (Å²) in [4.78, 5) is 27.9. The van der Waals surface area contributed by atoms with Crippen LogP contribution < -0.4 is 10.6 Å². The van der Waals surface area contributed by atoms with Crippen molar-refractivity contribution in [1.29, 1.82) is 0 Å². The second kappa shape index (κ2) is 5.73. The van der Waals surface area contributed by atoms with Crippen LogP contribution in [0.2, 0.25) is 0 Å². The highest BCUT2D eigenvalue weighted by Crippen LogP contribution is 2.27. The van der Waals surface area contributed by atoms with Crippen LogP contribution in [0.5, 0.6) is 0 Å². The number of aromatic nitrogens is 1. The highest BCUT2D eigenvalue weighted by Gasteiger charge is 2.32. The Kier molecular flexibility index (Phi) is 4.02. The van der Waals surface area contributed by atoms with E-state index in [-0.39, 0.29) is 12.1 Å². The summed E-state index contributed by atoms with van der Waals surface area (Å²) in [5.41, 5.74) is 1.62. The maximum Gasteiger partial charge on any atom is 0.338 e. The van der Waals surface area contributed by atoms with E-state index in [1.54, 1.807) is 45.3 Å². The number of nitrogens with zero attached hydrogens (tertiary/aromatic N) is 1. The molecule has 0 aliphatic carbocycles. The third-order valence-corrected chi connectivity index (χ3v) is 2.85. The number of hydrogen-bond donors (Lipinski definition) is 2. The lowest BCUT2D eigenvalue weighted by atomic mass is 9.97. The van der Waals surface area contributed by atoms with Crippen LogP contribution in [0.15, 0.2) is 35.8 Å². The molecule has 6 heteroatoms. The lowest BCUT2D eigenvalue weighted by Gasteiger charge is -2.28. The van der Waals surface area contributed by atoms with E-state index in [9.17, 15) is 9.59 Å². The number of hydrogen-bond acceptors (Lipinski definition) is 4. The molecule has 0 unspecified atom stereocenters. The molecule has 0 saturated carbocycles. The molecule has 0 fully saturated rings. The highest BCUT2D eigenvalue weighted by atomic mass is 16.5. The standard InChI is InChI=1S/C14H17N3O3/c1-8(2)20-13(18)11-9(3)16-14(19)17-12(11)10-5-4-6-15-7-10/h4-8,12H,1-3H3,(H2,16,17,19)/t12-/m1/s1. The number of amides is 2. The smallest absolute Gasteiger partial charge is 0.338 e. The van der Waals surface area contributed by atoms with Crippen LogP contribution in [0.4, 0.5) is 4.79 Å². The third kappa shape index (κ3) is 2.96. The molecule has 2 N–H and O–H groups in total. The molecule has 6 nitrogen and oxygen atoms in total. The van der Waals surface area contributed by atoms with Gasteiger partial charge in [0.1, 0.15) is 0 Å². The molecule has 20 heavy (non-hydrogen) atoms. The van der Waals surface area contributed by atoms with Crippen molar-refractivity contribution in [3.63, 3.8) is 0 Å². The van der Waals surface area contributed by atoms with Crippen molar-refractivity contribution in [2.45, 2.75) is 32.9 Å². The molecule has 0 radical (unpaired) electrons. The van der Waals surface area contributed by atoms with Gasteiger partial charge in [-0.25, -0.2) is 9.59 Å². The molecule has 1 atom stereocenters. The van der Waals surface area contributed by atoms with E-state index in [2.05, 4.69) is 15.6 Å². The Labute approximate surface area is 117 Å². The number of urea groups is 1. The van der Waals surface area contributed by atoms with Crippen LogP contribution >= 0.6 is 0 Å². The summed E-state index contributed by atoms with van der Waals surface area (Å²) in [7, 11) is 0. The number of rotatable bonds is 3. The van der Waals surface area contributed by atoms with E-state index in [1.165, 1.54) is 0 Å². The van der Waals surface area contributed by atoms with Gasteiger partial charge in [-0.2, -0.15) is 0 Å². The summed E-state index contributed by atoms with van der Waals surface area (Å²) in [6.45, 7) is 5.24. The zero-order valence-corrected chi connectivity index (χ0v) is 11.6. The molecule has 1 aliphatic rings. The van der Waals surface area contributed by atoms with Gasteiger partial charge in [0.05, 0.1) is 17.7 Å². The van der Waals surface area contributed by atoms with E-state index in [0.717, 1.165) is 5.56 Å². The lowest BCUT2D eigenvalue weighted by molar-refractivity contribution is -0.143. The Balaban J connectivity index is 2.39. The van der Waals surface area contributed by atoms with Crippen LogP contribution in [-0.2, 0) is 9.53 Å². The van der Waals surface area contributed by atoms with Crippen LogP contribution in [0, 0.1) is 0 Å². The van der Waals surface area contributed by atoms with E-state index in [4.69, 9.17) is 4.74 Å². The molecule has 2 amide bonds. The normalized spacial score (nSPS) is 18.6. The Morgan fingerprint density at radius 3 is 2.80 bits per heavy atom. The molecule has 0 bridgehead atoms. The van der Waals surface area contributed by atoms with E-state index >= 15 is 0 Å². The number of carbonyl (C=O) groups excluding carboxylic acids is 2. The molecular weight excluding hydrogens is 258 g/mol. The zero-order chi connectivity index (χ0) is 14.7. The first kappa shape index (κ1) is 14.0. The Morgan fingerprint density at radius 2 is 2.20 bits per heavy atom. The quantitative estimate of drug-likeness (QED) is 0.822. The van der Waals surface area contributed by atoms with E-state index in [0.29, 0.717) is 11.3 Å². The molecule has 1 aromatic heterocycles. The van der Waals surface area contributed by atoms with Gasteiger partial charge >= 0.3 is 12.0 Å². The minimum Gasteiger partial charge on any atom is -0.459 e. The molecule has 0 aromatic carbocycles. The Morgan fingerprint density at radius 1 is 1.45 bits per heavy atom.